The highest BCUT2D eigenvalue weighted by molar-refractivity contribution is 5.97. The molecule has 70 valence electrons. The number of carbonyl (C=O) groups excluding carboxylic acids is 1. The number of aliphatic carboxylic acids is 1. The number of aliphatic hydroxyl groups is 1. The minimum absolute atomic E-state index is 0.211. The Morgan fingerprint density at radius 1 is 1.50 bits per heavy atom. The third-order valence-corrected chi connectivity index (χ3v) is 1.24. The zero-order chi connectivity index (χ0) is 9.56. The number of carbonyl (C=O) groups is 2. The lowest BCUT2D eigenvalue weighted by Gasteiger charge is -2.08. The van der Waals surface area contributed by atoms with Crippen LogP contribution in [0.1, 0.15) is 0 Å². The number of hydrogen-bond acceptors (Lipinski definition) is 4. The third-order valence-electron chi connectivity index (χ3n) is 1.24. The molecule has 0 radical (unpaired) electrons. The summed E-state index contributed by atoms with van der Waals surface area (Å²) in [5.41, 5.74) is 5.07. The van der Waals surface area contributed by atoms with Gasteiger partial charge in [0.05, 0.1) is 6.61 Å². The van der Waals surface area contributed by atoms with E-state index in [0.717, 1.165) is 0 Å². The van der Waals surface area contributed by atoms with Gasteiger partial charge in [0.2, 0.25) is 5.91 Å². The molecule has 0 aromatic heterocycles. The third kappa shape index (κ3) is 3.31. The van der Waals surface area contributed by atoms with Gasteiger partial charge in [-0.05, 0) is 0 Å². The Balaban J connectivity index is 3.95. The van der Waals surface area contributed by atoms with E-state index in [1.54, 1.807) is 0 Å². The van der Waals surface area contributed by atoms with Crippen LogP contribution in [0.5, 0.6) is 0 Å². The van der Waals surface area contributed by atoms with E-state index >= 15 is 0 Å². The van der Waals surface area contributed by atoms with Crippen molar-refractivity contribution in [2.24, 2.45) is 11.7 Å². The maximum absolute atomic E-state index is 10.9. The van der Waals surface area contributed by atoms with Crippen molar-refractivity contribution >= 4 is 11.9 Å². The van der Waals surface area contributed by atoms with Gasteiger partial charge >= 0.3 is 5.97 Å². The molecule has 0 aromatic carbocycles. The Labute approximate surface area is 69.4 Å². The maximum Gasteiger partial charge on any atom is 0.318 e. The van der Waals surface area contributed by atoms with Crippen LogP contribution in [0, 0.1) is 5.92 Å². The van der Waals surface area contributed by atoms with Gasteiger partial charge in [-0.2, -0.15) is 0 Å². The molecule has 0 aliphatic heterocycles. The van der Waals surface area contributed by atoms with Crippen LogP contribution in [0.4, 0.5) is 0 Å². The van der Waals surface area contributed by atoms with E-state index in [-0.39, 0.29) is 13.1 Å². The molecule has 0 saturated carbocycles. The molecule has 6 nitrogen and oxygen atoms in total. The molecule has 0 rings (SSSR count). The Hall–Kier alpha value is -1.14. The fraction of sp³-hybridized carbons (Fsp3) is 0.667. The molecule has 0 heterocycles. The molecule has 0 saturated heterocycles. The second-order valence-corrected chi connectivity index (χ2v) is 2.15. The monoisotopic (exact) mass is 176 g/mol. The SMILES string of the molecule is NCCNC(=O)C(CO)C(=O)O. The van der Waals surface area contributed by atoms with Crippen LogP contribution in [-0.2, 0) is 9.59 Å². The molecule has 5 N–H and O–H groups in total. The van der Waals surface area contributed by atoms with Crippen LogP contribution >= 0.6 is 0 Å². The normalized spacial score (nSPS) is 12.2. The fourth-order valence-corrected chi connectivity index (χ4v) is 0.592. The van der Waals surface area contributed by atoms with Gasteiger partial charge < -0.3 is 21.3 Å². The summed E-state index contributed by atoms with van der Waals surface area (Å²) in [5, 5.41) is 19.1. The zero-order valence-electron chi connectivity index (χ0n) is 6.49. The van der Waals surface area contributed by atoms with Crippen molar-refractivity contribution in [3.8, 4) is 0 Å². The molecular weight excluding hydrogens is 164 g/mol. The molecule has 0 fully saturated rings. The molecule has 1 unspecified atom stereocenters. The quantitative estimate of drug-likeness (QED) is 0.353. The van der Waals surface area contributed by atoms with Gasteiger partial charge in [-0.25, -0.2) is 0 Å². The van der Waals surface area contributed by atoms with Gasteiger partial charge in [0.15, 0.2) is 5.92 Å². The Kier molecular flexibility index (Phi) is 4.98. The minimum atomic E-state index is -1.39. The van der Waals surface area contributed by atoms with E-state index in [1.165, 1.54) is 0 Å². The van der Waals surface area contributed by atoms with E-state index in [0.29, 0.717) is 0 Å². The summed E-state index contributed by atoms with van der Waals surface area (Å²) in [6.07, 6.45) is 0. The van der Waals surface area contributed by atoms with Crippen LogP contribution in [0.3, 0.4) is 0 Å². The Morgan fingerprint density at radius 3 is 2.42 bits per heavy atom. The number of rotatable bonds is 5. The van der Waals surface area contributed by atoms with E-state index < -0.39 is 24.4 Å². The molecule has 0 spiro atoms. The summed E-state index contributed by atoms with van der Waals surface area (Å²) in [6.45, 7) is -0.252. The molecule has 1 amide bonds. The number of nitrogens with one attached hydrogen (secondary N) is 1. The van der Waals surface area contributed by atoms with Gasteiger partial charge in [0.1, 0.15) is 0 Å². The first-order valence-corrected chi connectivity index (χ1v) is 3.45. The average molecular weight is 176 g/mol. The lowest BCUT2D eigenvalue weighted by atomic mass is 10.1. The second kappa shape index (κ2) is 5.50. The molecule has 0 bridgehead atoms. The Morgan fingerprint density at radius 2 is 2.08 bits per heavy atom. The number of amides is 1. The summed E-state index contributed by atoms with van der Waals surface area (Å²) >= 11 is 0. The standard InChI is InChI=1S/C6H12N2O4/c7-1-2-8-5(10)4(3-9)6(11)12/h4,9H,1-3,7H2,(H,8,10)(H,11,12). The summed E-state index contributed by atoms with van der Waals surface area (Å²) < 4.78 is 0. The smallest absolute Gasteiger partial charge is 0.318 e. The van der Waals surface area contributed by atoms with Crippen molar-refractivity contribution in [3.63, 3.8) is 0 Å². The first-order valence-electron chi connectivity index (χ1n) is 3.45. The molecule has 0 aromatic rings. The lowest BCUT2D eigenvalue weighted by Crippen LogP contribution is -2.39. The van der Waals surface area contributed by atoms with E-state index in [4.69, 9.17) is 15.9 Å². The van der Waals surface area contributed by atoms with Gasteiger partial charge in [-0.1, -0.05) is 0 Å². The number of nitrogens with two attached hydrogens (primary N) is 1. The maximum atomic E-state index is 10.9. The predicted octanol–water partition coefficient (Wildman–Crippen LogP) is -2.25. The van der Waals surface area contributed by atoms with Crippen molar-refractivity contribution in [3.05, 3.63) is 0 Å². The molecule has 0 aliphatic rings. The highest BCUT2D eigenvalue weighted by Crippen LogP contribution is 1.94. The lowest BCUT2D eigenvalue weighted by molar-refractivity contribution is -0.148. The number of hydrogen-bond donors (Lipinski definition) is 4. The molecule has 0 aliphatic carbocycles. The summed E-state index contributed by atoms with van der Waals surface area (Å²) in [5.74, 6) is -3.45. The zero-order valence-corrected chi connectivity index (χ0v) is 6.49. The number of aliphatic hydroxyl groups excluding tert-OH is 1. The minimum Gasteiger partial charge on any atom is -0.481 e. The van der Waals surface area contributed by atoms with Crippen molar-refractivity contribution in [2.75, 3.05) is 19.7 Å². The molecular formula is C6H12N2O4. The first kappa shape index (κ1) is 10.9. The van der Waals surface area contributed by atoms with Gasteiger partial charge in [0, 0.05) is 13.1 Å². The van der Waals surface area contributed by atoms with E-state index in [2.05, 4.69) is 5.32 Å². The molecule has 1 atom stereocenters. The molecule has 6 heteroatoms. The van der Waals surface area contributed by atoms with Crippen LogP contribution in [0.25, 0.3) is 0 Å². The van der Waals surface area contributed by atoms with Gasteiger partial charge in [0.25, 0.3) is 0 Å². The highest BCUT2D eigenvalue weighted by atomic mass is 16.4. The largest absolute Gasteiger partial charge is 0.481 e. The first-order chi connectivity index (χ1) is 5.63. The van der Waals surface area contributed by atoms with Crippen LogP contribution < -0.4 is 11.1 Å². The van der Waals surface area contributed by atoms with Crippen molar-refractivity contribution < 1.29 is 19.8 Å². The topological polar surface area (TPSA) is 113 Å². The van der Waals surface area contributed by atoms with Crippen molar-refractivity contribution in [1.82, 2.24) is 5.32 Å². The van der Waals surface area contributed by atoms with Crippen LogP contribution in [-0.4, -0.2) is 41.8 Å². The molecule has 12 heavy (non-hydrogen) atoms. The summed E-state index contributed by atoms with van der Waals surface area (Å²) in [4.78, 5) is 21.2. The van der Waals surface area contributed by atoms with Crippen LogP contribution in [0.2, 0.25) is 0 Å². The van der Waals surface area contributed by atoms with Gasteiger partial charge in [-0.3, -0.25) is 9.59 Å². The summed E-state index contributed by atoms with van der Waals surface area (Å²) in [6, 6.07) is 0. The Bertz CT molecular complexity index is 171. The van der Waals surface area contributed by atoms with Crippen molar-refractivity contribution in [1.29, 1.82) is 0 Å². The van der Waals surface area contributed by atoms with E-state index in [1.807, 2.05) is 0 Å². The number of carboxylic acid groups (broad SMARTS) is 1. The number of carboxylic acids is 1. The average Bonchev–Trinajstić information content (AvgIpc) is 2.01. The second-order valence-electron chi connectivity index (χ2n) is 2.15. The highest BCUT2D eigenvalue weighted by Gasteiger charge is 2.24. The van der Waals surface area contributed by atoms with Crippen molar-refractivity contribution in [2.45, 2.75) is 0 Å². The summed E-state index contributed by atoms with van der Waals surface area (Å²) in [7, 11) is 0. The predicted molar refractivity (Wildman–Crippen MR) is 40.3 cm³/mol. The fourth-order valence-electron chi connectivity index (χ4n) is 0.592. The van der Waals surface area contributed by atoms with Crippen LogP contribution in [0.15, 0.2) is 0 Å². The van der Waals surface area contributed by atoms with E-state index in [9.17, 15) is 9.59 Å². The van der Waals surface area contributed by atoms with Gasteiger partial charge in [-0.15, -0.1) is 0 Å².